The van der Waals surface area contributed by atoms with E-state index in [1.165, 1.54) is 12.1 Å². The maximum atomic E-state index is 12.4. The molecule has 6 nitrogen and oxygen atoms in total. The van der Waals surface area contributed by atoms with Crippen molar-refractivity contribution in [3.8, 4) is 5.75 Å². The molecule has 0 aromatic heterocycles. The van der Waals surface area contributed by atoms with Crippen LogP contribution in [0.4, 0.5) is 24.5 Å². The summed E-state index contributed by atoms with van der Waals surface area (Å²) in [5, 5.41) is 0. The van der Waals surface area contributed by atoms with Gasteiger partial charge in [-0.1, -0.05) is 42.5 Å². The summed E-state index contributed by atoms with van der Waals surface area (Å²) in [6.07, 6.45) is -4.15. The van der Waals surface area contributed by atoms with Crippen LogP contribution in [0.1, 0.15) is 30.0 Å². The number of carbonyl (C=O) groups is 1. The van der Waals surface area contributed by atoms with Gasteiger partial charge in [-0.05, 0) is 67.4 Å². The van der Waals surface area contributed by atoms with Crippen LogP contribution in [0.2, 0.25) is 0 Å². The van der Waals surface area contributed by atoms with Gasteiger partial charge >= 0.3 is 12.3 Å². The molecular formula is C30H32F3N3O3. The molecule has 206 valence electrons. The smallest absolute Gasteiger partial charge is 0.466 e. The summed E-state index contributed by atoms with van der Waals surface area (Å²) in [7, 11) is 2.12. The first-order valence-corrected chi connectivity index (χ1v) is 12.9. The zero-order valence-electron chi connectivity index (χ0n) is 22.1. The first kappa shape index (κ1) is 28.2. The number of carbonyl (C=O) groups excluding carboxylic acids is 1. The van der Waals surface area contributed by atoms with Crippen LogP contribution in [-0.2, 0) is 16.0 Å². The number of aliphatic imine (C=N–C) groups is 1. The molecule has 4 rings (SSSR count). The molecule has 1 fully saturated rings. The summed E-state index contributed by atoms with van der Waals surface area (Å²) in [5.41, 5.74) is 5.07. The normalized spacial score (nSPS) is 14.8. The highest BCUT2D eigenvalue weighted by atomic mass is 19.4. The maximum Gasteiger partial charge on any atom is 0.573 e. The summed E-state index contributed by atoms with van der Waals surface area (Å²) < 4.78 is 46.3. The van der Waals surface area contributed by atoms with Crippen LogP contribution in [0, 0.1) is 0 Å². The van der Waals surface area contributed by atoms with Crippen molar-refractivity contribution in [2.45, 2.75) is 26.1 Å². The minimum absolute atomic E-state index is 0.0343. The van der Waals surface area contributed by atoms with Gasteiger partial charge in [0.05, 0.1) is 24.4 Å². The van der Waals surface area contributed by atoms with Crippen LogP contribution in [0.5, 0.6) is 5.75 Å². The molecule has 0 radical (unpaired) electrons. The van der Waals surface area contributed by atoms with Gasteiger partial charge < -0.3 is 19.3 Å². The minimum atomic E-state index is -4.72. The Balaban J connectivity index is 1.52. The number of esters is 1. The molecule has 39 heavy (non-hydrogen) atoms. The number of hydrogen-bond acceptors (Lipinski definition) is 6. The van der Waals surface area contributed by atoms with Crippen LogP contribution in [0.15, 0.2) is 77.8 Å². The number of halogens is 3. The monoisotopic (exact) mass is 539 g/mol. The number of anilines is 1. The molecule has 3 aromatic carbocycles. The molecule has 9 heteroatoms. The zero-order valence-corrected chi connectivity index (χ0v) is 22.1. The van der Waals surface area contributed by atoms with Crippen molar-refractivity contribution in [1.82, 2.24) is 4.90 Å². The standard InChI is InChI=1S/C30H32F3N3O3/c1-3-38-29(37)21-28(34-25-5-4-6-26(20-25)36-17-15-35(2)16-18-36)24-11-7-22(8-12-24)19-23-9-13-27(14-10-23)39-30(31,32)33/h4-14,20H,3,15-19,21H2,1-2H3. The number of piperazine rings is 1. The Labute approximate surface area is 226 Å². The van der Waals surface area contributed by atoms with Gasteiger partial charge in [0, 0.05) is 31.9 Å². The van der Waals surface area contributed by atoms with E-state index in [4.69, 9.17) is 9.73 Å². The molecule has 1 heterocycles. The average Bonchev–Trinajstić information content (AvgIpc) is 2.90. The summed E-state index contributed by atoms with van der Waals surface area (Å²) in [6.45, 7) is 5.94. The zero-order chi connectivity index (χ0) is 27.8. The van der Waals surface area contributed by atoms with Crippen molar-refractivity contribution < 1.29 is 27.4 Å². The van der Waals surface area contributed by atoms with Crippen molar-refractivity contribution in [2.24, 2.45) is 4.99 Å². The Morgan fingerprint density at radius 1 is 0.923 bits per heavy atom. The summed E-state index contributed by atoms with van der Waals surface area (Å²) >= 11 is 0. The Morgan fingerprint density at radius 3 is 2.18 bits per heavy atom. The fraction of sp³-hybridized carbons (Fsp3) is 0.333. The van der Waals surface area contributed by atoms with Crippen molar-refractivity contribution in [3.63, 3.8) is 0 Å². The van der Waals surface area contributed by atoms with Crippen molar-refractivity contribution in [3.05, 3.63) is 89.5 Å². The number of rotatable bonds is 9. The molecular weight excluding hydrogens is 507 g/mol. The fourth-order valence-corrected chi connectivity index (χ4v) is 4.39. The van der Waals surface area contributed by atoms with Crippen LogP contribution in [0.25, 0.3) is 0 Å². The van der Waals surface area contributed by atoms with Gasteiger partial charge in [0.25, 0.3) is 0 Å². The predicted molar refractivity (Wildman–Crippen MR) is 146 cm³/mol. The number of nitrogens with zero attached hydrogens (tertiary/aromatic N) is 3. The number of likely N-dealkylation sites (N-methyl/N-ethyl adjacent to an activating group) is 1. The first-order chi connectivity index (χ1) is 18.7. The van der Waals surface area contributed by atoms with Gasteiger partial charge in [-0.25, -0.2) is 0 Å². The van der Waals surface area contributed by atoms with E-state index in [-0.39, 0.29) is 24.7 Å². The quantitative estimate of drug-likeness (QED) is 0.247. The molecule has 0 aliphatic carbocycles. The third-order valence-corrected chi connectivity index (χ3v) is 6.43. The topological polar surface area (TPSA) is 54.4 Å². The lowest BCUT2D eigenvalue weighted by Crippen LogP contribution is -2.44. The van der Waals surface area contributed by atoms with Gasteiger partial charge in [-0.15, -0.1) is 13.2 Å². The summed E-state index contributed by atoms with van der Waals surface area (Å²) in [5.74, 6) is -0.602. The summed E-state index contributed by atoms with van der Waals surface area (Å²) in [4.78, 5) is 21.9. The SMILES string of the molecule is CCOC(=O)CC(=Nc1cccc(N2CCN(C)CC2)c1)c1ccc(Cc2ccc(OC(F)(F)F)cc2)cc1. The van der Waals surface area contributed by atoms with Crippen molar-refractivity contribution in [1.29, 1.82) is 0 Å². The first-order valence-electron chi connectivity index (χ1n) is 12.9. The highest BCUT2D eigenvalue weighted by Gasteiger charge is 2.31. The molecule has 0 bridgehead atoms. The van der Waals surface area contributed by atoms with Crippen LogP contribution in [0.3, 0.4) is 0 Å². The van der Waals surface area contributed by atoms with E-state index in [2.05, 4.69) is 27.7 Å². The van der Waals surface area contributed by atoms with Crippen molar-refractivity contribution >= 4 is 23.1 Å². The fourth-order valence-electron chi connectivity index (χ4n) is 4.39. The van der Waals surface area contributed by atoms with Crippen LogP contribution in [-0.4, -0.2) is 62.8 Å². The second kappa shape index (κ2) is 12.8. The molecule has 0 unspecified atom stereocenters. The summed E-state index contributed by atoms with van der Waals surface area (Å²) in [6, 6.07) is 21.5. The Kier molecular flexibility index (Phi) is 9.24. The lowest BCUT2D eigenvalue weighted by atomic mass is 10.0. The lowest BCUT2D eigenvalue weighted by molar-refractivity contribution is -0.274. The molecule has 0 atom stereocenters. The van der Waals surface area contributed by atoms with Gasteiger partial charge in [0.15, 0.2) is 0 Å². The Morgan fingerprint density at radius 2 is 1.56 bits per heavy atom. The van der Waals surface area contributed by atoms with Crippen LogP contribution >= 0.6 is 0 Å². The van der Waals surface area contributed by atoms with E-state index in [1.807, 2.05) is 42.5 Å². The molecule has 3 aromatic rings. The second-order valence-electron chi connectivity index (χ2n) is 9.42. The largest absolute Gasteiger partial charge is 0.573 e. The molecule has 0 N–H and O–H groups in total. The highest BCUT2D eigenvalue weighted by molar-refractivity contribution is 6.10. The predicted octanol–water partition coefficient (Wildman–Crippen LogP) is 6.00. The highest BCUT2D eigenvalue weighted by Crippen LogP contribution is 2.26. The van der Waals surface area contributed by atoms with E-state index in [0.717, 1.165) is 54.2 Å². The number of hydrogen-bond donors (Lipinski definition) is 0. The molecule has 1 aliphatic rings. The van der Waals surface area contributed by atoms with E-state index in [0.29, 0.717) is 12.1 Å². The molecule has 1 saturated heterocycles. The van der Waals surface area contributed by atoms with E-state index < -0.39 is 6.36 Å². The second-order valence-corrected chi connectivity index (χ2v) is 9.42. The minimum Gasteiger partial charge on any atom is -0.466 e. The molecule has 0 saturated carbocycles. The maximum absolute atomic E-state index is 12.4. The average molecular weight is 540 g/mol. The van der Waals surface area contributed by atoms with Gasteiger partial charge in [0.1, 0.15) is 5.75 Å². The Bertz CT molecular complexity index is 1270. The third-order valence-electron chi connectivity index (χ3n) is 6.43. The van der Waals surface area contributed by atoms with E-state index >= 15 is 0 Å². The lowest BCUT2D eigenvalue weighted by Gasteiger charge is -2.34. The van der Waals surface area contributed by atoms with Crippen LogP contribution < -0.4 is 9.64 Å². The molecule has 1 aliphatic heterocycles. The number of alkyl halides is 3. The molecule has 0 spiro atoms. The van der Waals surface area contributed by atoms with Gasteiger partial charge in [-0.3, -0.25) is 9.79 Å². The molecule has 0 amide bonds. The third kappa shape index (κ3) is 8.58. The van der Waals surface area contributed by atoms with Gasteiger partial charge in [0.2, 0.25) is 0 Å². The number of ether oxygens (including phenoxy) is 2. The number of benzene rings is 3. The van der Waals surface area contributed by atoms with E-state index in [1.54, 1.807) is 19.1 Å². The van der Waals surface area contributed by atoms with Crippen molar-refractivity contribution in [2.75, 3.05) is 44.7 Å². The Hall–Kier alpha value is -3.85. The van der Waals surface area contributed by atoms with Gasteiger partial charge in [-0.2, -0.15) is 0 Å². The van der Waals surface area contributed by atoms with E-state index in [9.17, 15) is 18.0 Å².